The van der Waals surface area contributed by atoms with Crippen molar-refractivity contribution in [3.63, 3.8) is 0 Å². The second kappa shape index (κ2) is 6.25. The van der Waals surface area contributed by atoms with Crippen LogP contribution in [0.25, 0.3) is 0 Å². The van der Waals surface area contributed by atoms with Crippen LogP contribution in [0.4, 0.5) is 23.2 Å². The Kier molecular flexibility index (Phi) is 4.71. The van der Waals surface area contributed by atoms with E-state index in [9.17, 15) is 26.0 Å². The zero-order chi connectivity index (χ0) is 17.3. The average molecular weight is 370 g/mol. The molecule has 0 saturated carbocycles. The van der Waals surface area contributed by atoms with Crippen LogP contribution in [-0.2, 0) is 10.0 Å². The highest BCUT2D eigenvalue weighted by atomic mass is 35.5. The first-order valence-corrected chi connectivity index (χ1v) is 7.77. The lowest BCUT2D eigenvalue weighted by molar-refractivity contribution is -0.274. The van der Waals surface area contributed by atoms with Crippen molar-refractivity contribution >= 4 is 27.3 Å². The molecule has 0 bridgehead atoms. The van der Waals surface area contributed by atoms with Crippen LogP contribution in [0.2, 0.25) is 5.02 Å². The van der Waals surface area contributed by atoms with Gasteiger partial charge in [0.2, 0.25) is 0 Å². The lowest BCUT2D eigenvalue weighted by atomic mass is 10.3. The van der Waals surface area contributed by atoms with Gasteiger partial charge in [-0.05, 0) is 30.3 Å². The number of para-hydroxylation sites is 2. The molecule has 2 aromatic rings. The van der Waals surface area contributed by atoms with Crippen molar-refractivity contribution in [3.8, 4) is 5.75 Å². The van der Waals surface area contributed by atoms with Gasteiger partial charge in [0.1, 0.15) is 5.82 Å². The van der Waals surface area contributed by atoms with E-state index in [2.05, 4.69) is 4.74 Å². The molecule has 2 aromatic carbocycles. The molecule has 0 aromatic heterocycles. The fourth-order valence-corrected chi connectivity index (χ4v) is 2.95. The Morgan fingerprint density at radius 3 is 2.35 bits per heavy atom. The maximum absolute atomic E-state index is 13.1. The Balaban J connectivity index is 2.36. The van der Waals surface area contributed by atoms with E-state index in [0.29, 0.717) is 0 Å². The van der Waals surface area contributed by atoms with Crippen molar-refractivity contribution in [2.24, 2.45) is 0 Å². The topological polar surface area (TPSA) is 55.4 Å². The Bertz CT molecular complexity index is 824. The number of alkyl halides is 3. The summed E-state index contributed by atoms with van der Waals surface area (Å²) in [7, 11) is -4.28. The van der Waals surface area contributed by atoms with E-state index in [4.69, 9.17) is 11.6 Å². The standard InChI is InChI=1S/C13H8ClF4NO3S/c14-9-7-8(5-6-10(9)15)23(20,21)19-11-3-1-2-4-12(11)22-13(16,17)18/h1-7,19H. The summed E-state index contributed by atoms with van der Waals surface area (Å²) in [6.07, 6.45) is -4.99. The molecule has 124 valence electrons. The van der Waals surface area contributed by atoms with E-state index in [1.807, 2.05) is 4.72 Å². The summed E-state index contributed by atoms with van der Waals surface area (Å²) < 4.78 is 80.0. The van der Waals surface area contributed by atoms with Crippen LogP contribution in [0.5, 0.6) is 5.75 Å². The first-order valence-electron chi connectivity index (χ1n) is 5.91. The maximum Gasteiger partial charge on any atom is 0.573 e. The van der Waals surface area contributed by atoms with Crippen molar-refractivity contribution < 1.29 is 30.7 Å². The number of sulfonamides is 1. The molecule has 4 nitrogen and oxygen atoms in total. The van der Waals surface area contributed by atoms with Crippen LogP contribution in [0.15, 0.2) is 47.4 Å². The molecule has 0 aliphatic carbocycles. The molecule has 0 radical (unpaired) electrons. The Hall–Kier alpha value is -2.00. The van der Waals surface area contributed by atoms with E-state index in [1.54, 1.807) is 0 Å². The van der Waals surface area contributed by atoms with Crippen LogP contribution >= 0.6 is 11.6 Å². The molecule has 2 rings (SSSR count). The van der Waals surface area contributed by atoms with E-state index in [0.717, 1.165) is 30.3 Å². The molecule has 0 saturated heterocycles. The van der Waals surface area contributed by atoms with Gasteiger partial charge in [-0.1, -0.05) is 23.7 Å². The summed E-state index contributed by atoms with van der Waals surface area (Å²) in [6, 6.07) is 7.19. The predicted molar refractivity (Wildman–Crippen MR) is 75.3 cm³/mol. The number of halogens is 5. The van der Waals surface area contributed by atoms with E-state index in [1.165, 1.54) is 12.1 Å². The SMILES string of the molecule is O=S(=O)(Nc1ccccc1OC(F)(F)F)c1ccc(F)c(Cl)c1. The average Bonchev–Trinajstić information content (AvgIpc) is 2.42. The summed E-state index contributed by atoms with van der Waals surface area (Å²) in [5, 5.41) is -0.437. The zero-order valence-corrected chi connectivity index (χ0v) is 12.6. The number of ether oxygens (including phenoxy) is 1. The summed E-state index contributed by atoms with van der Waals surface area (Å²) in [6.45, 7) is 0. The van der Waals surface area contributed by atoms with Gasteiger partial charge in [-0.25, -0.2) is 12.8 Å². The van der Waals surface area contributed by atoms with E-state index in [-0.39, 0.29) is 0 Å². The van der Waals surface area contributed by atoms with Crippen LogP contribution in [0.1, 0.15) is 0 Å². The minimum Gasteiger partial charge on any atom is -0.404 e. The first kappa shape index (κ1) is 17.4. The predicted octanol–water partition coefficient (Wildman–Crippen LogP) is 4.18. The maximum atomic E-state index is 13.1. The molecular weight excluding hydrogens is 362 g/mol. The van der Waals surface area contributed by atoms with Gasteiger partial charge in [0, 0.05) is 0 Å². The molecule has 0 spiro atoms. The highest BCUT2D eigenvalue weighted by molar-refractivity contribution is 7.92. The van der Waals surface area contributed by atoms with Gasteiger partial charge in [-0.15, -0.1) is 13.2 Å². The number of anilines is 1. The third-order valence-corrected chi connectivity index (χ3v) is 4.21. The molecule has 0 fully saturated rings. The van der Waals surface area contributed by atoms with Crippen molar-refractivity contribution in [1.29, 1.82) is 0 Å². The molecular formula is C13H8ClF4NO3S. The van der Waals surface area contributed by atoms with Crippen molar-refractivity contribution in [2.75, 3.05) is 4.72 Å². The van der Waals surface area contributed by atoms with Crippen LogP contribution < -0.4 is 9.46 Å². The number of hydrogen-bond acceptors (Lipinski definition) is 3. The molecule has 0 aliphatic rings. The van der Waals surface area contributed by atoms with Gasteiger partial charge >= 0.3 is 6.36 Å². The van der Waals surface area contributed by atoms with E-state index >= 15 is 0 Å². The second-order valence-electron chi connectivity index (χ2n) is 4.23. The van der Waals surface area contributed by atoms with Crippen LogP contribution in [0.3, 0.4) is 0 Å². The Morgan fingerprint density at radius 1 is 1.09 bits per heavy atom. The third-order valence-electron chi connectivity index (χ3n) is 2.56. The summed E-state index contributed by atoms with van der Waals surface area (Å²) in [5.74, 6) is -1.55. The largest absolute Gasteiger partial charge is 0.573 e. The normalized spacial score (nSPS) is 12.0. The molecule has 0 unspecified atom stereocenters. The van der Waals surface area contributed by atoms with Gasteiger partial charge in [0.05, 0.1) is 15.6 Å². The van der Waals surface area contributed by atoms with Crippen LogP contribution in [0, 0.1) is 5.82 Å². The quantitative estimate of drug-likeness (QED) is 0.823. The smallest absolute Gasteiger partial charge is 0.404 e. The van der Waals surface area contributed by atoms with Crippen LogP contribution in [-0.4, -0.2) is 14.8 Å². The Morgan fingerprint density at radius 2 is 1.74 bits per heavy atom. The molecule has 23 heavy (non-hydrogen) atoms. The van der Waals surface area contributed by atoms with Gasteiger partial charge in [-0.3, -0.25) is 4.72 Å². The lowest BCUT2D eigenvalue weighted by Gasteiger charge is -2.14. The fourth-order valence-electron chi connectivity index (χ4n) is 1.61. The van der Waals surface area contributed by atoms with Gasteiger partial charge < -0.3 is 4.74 Å². The molecule has 0 atom stereocenters. The van der Waals surface area contributed by atoms with Gasteiger partial charge in [-0.2, -0.15) is 0 Å². The minimum absolute atomic E-state index is 0.411. The molecule has 10 heteroatoms. The monoisotopic (exact) mass is 369 g/mol. The van der Waals surface area contributed by atoms with Crippen molar-refractivity contribution in [1.82, 2.24) is 0 Å². The zero-order valence-electron chi connectivity index (χ0n) is 11.1. The highest BCUT2D eigenvalue weighted by Gasteiger charge is 2.32. The summed E-state index contributed by atoms with van der Waals surface area (Å²) in [5.41, 5.74) is -0.426. The first-order chi connectivity index (χ1) is 10.6. The number of nitrogens with one attached hydrogen (secondary N) is 1. The lowest BCUT2D eigenvalue weighted by Crippen LogP contribution is -2.19. The number of benzene rings is 2. The van der Waals surface area contributed by atoms with Crippen molar-refractivity contribution in [3.05, 3.63) is 53.3 Å². The molecule has 0 heterocycles. The number of hydrogen-bond donors (Lipinski definition) is 1. The summed E-state index contributed by atoms with van der Waals surface area (Å²) >= 11 is 5.50. The molecule has 0 amide bonds. The number of rotatable bonds is 4. The van der Waals surface area contributed by atoms with E-state index < -0.39 is 43.6 Å². The van der Waals surface area contributed by atoms with Gasteiger partial charge in [0.15, 0.2) is 5.75 Å². The highest BCUT2D eigenvalue weighted by Crippen LogP contribution is 2.31. The molecule has 0 aliphatic heterocycles. The fraction of sp³-hybridized carbons (Fsp3) is 0.0769. The minimum atomic E-state index is -4.99. The third kappa shape index (κ3) is 4.49. The molecule has 1 N–H and O–H groups in total. The van der Waals surface area contributed by atoms with Gasteiger partial charge in [0.25, 0.3) is 10.0 Å². The van der Waals surface area contributed by atoms with Crippen molar-refractivity contribution in [2.45, 2.75) is 11.3 Å². The Labute approximate surface area is 133 Å². The summed E-state index contributed by atoms with van der Waals surface area (Å²) in [4.78, 5) is -0.411. The second-order valence-corrected chi connectivity index (χ2v) is 6.31.